The van der Waals surface area contributed by atoms with Crippen LogP contribution in [-0.2, 0) is 0 Å². The summed E-state index contributed by atoms with van der Waals surface area (Å²) in [5.41, 5.74) is 13.6. The van der Waals surface area contributed by atoms with Gasteiger partial charge in [-0.3, -0.25) is 0 Å². The van der Waals surface area contributed by atoms with Gasteiger partial charge >= 0.3 is 0 Å². The lowest BCUT2D eigenvalue weighted by atomic mass is 10.00. The molecule has 0 saturated carbocycles. The average Bonchev–Trinajstić information content (AvgIpc) is 2.16. The minimum absolute atomic E-state index is 0.0577. The van der Waals surface area contributed by atoms with E-state index < -0.39 is 0 Å². The van der Waals surface area contributed by atoms with E-state index in [1.54, 1.807) is 0 Å². The van der Waals surface area contributed by atoms with Crippen molar-refractivity contribution in [3.05, 3.63) is 42.0 Å². The predicted molar refractivity (Wildman–Crippen MR) is 61.0 cm³/mol. The maximum absolute atomic E-state index is 5.89. The van der Waals surface area contributed by atoms with Crippen molar-refractivity contribution in [2.24, 2.45) is 5.73 Å². The van der Waals surface area contributed by atoms with Gasteiger partial charge in [0.2, 0.25) is 0 Å². The van der Waals surface area contributed by atoms with Crippen LogP contribution in [0.25, 0.3) is 10.8 Å². The molecule has 0 aliphatic carbocycles. The molecule has 0 spiro atoms. The van der Waals surface area contributed by atoms with Crippen molar-refractivity contribution in [1.29, 1.82) is 0 Å². The van der Waals surface area contributed by atoms with E-state index in [2.05, 4.69) is 12.1 Å². The number of benzene rings is 2. The molecular weight excluding hydrogens is 172 g/mol. The molecule has 2 rings (SSSR count). The fraction of sp³-hybridized carbons (Fsp3) is 0.167. The van der Waals surface area contributed by atoms with Gasteiger partial charge in [0.25, 0.3) is 0 Å². The van der Waals surface area contributed by atoms with Crippen LogP contribution in [0.4, 0.5) is 5.69 Å². The van der Waals surface area contributed by atoms with Gasteiger partial charge in [-0.25, -0.2) is 0 Å². The minimum atomic E-state index is 0.0577. The largest absolute Gasteiger partial charge is 0.399 e. The molecule has 14 heavy (non-hydrogen) atoms. The SMILES string of the molecule is C[C@@H](N)c1cccc2cc(N)ccc12. The highest BCUT2D eigenvalue weighted by atomic mass is 14.6. The maximum atomic E-state index is 5.89. The molecule has 0 amide bonds. The molecule has 0 fully saturated rings. The van der Waals surface area contributed by atoms with E-state index >= 15 is 0 Å². The van der Waals surface area contributed by atoms with Gasteiger partial charge in [-0.05, 0) is 35.4 Å². The van der Waals surface area contributed by atoms with Crippen molar-refractivity contribution in [3.8, 4) is 0 Å². The lowest BCUT2D eigenvalue weighted by Gasteiger charge is -2.09. The summed E-state index contributed by atoms with van der Waals surface area (Å²) in [6.07, 6.45) is 0. The van der Waals surface area contributed by atoms with Gasteiger partial charge in [0.15, 0.2) is 0 Å². The fourth-order valence-corrected chi connectivity index (χ4v) is 1.72. The van der Waals surface area contributed by atoms with Gasteiger partial charge in [0.1, 0.15) is 0 Å². The Hall–Kier alpha value is -1.54. The van der Waals surface area contributed by atoms with Crippen molar-refractivity contribution in [3.63, 3.8) is 0 Å². The Balaban J connectivity index is 2.75. The average molecular weight is 186 g/mol. The van der Waals surface area contributed by atoms with Crippen LogP contribution in [0.15, 0.2) is 36.4 Å². The highest BCUT2D eigenvalue weighted by Crippen LogP contribution is 2.24. The van der Waals surface area contributed by atoms with E-state index in [1.165, 1.54) is 10.9 Å². The summed E-state index contributed by atoms with van der Waals surface area (Å²) in [6.45, 7) is 1.99. The number of anilines is 1. The van der Waals surface area contributed by atoms with Gasteiger partial charge in [0.05, 0.1) is 0 Å². The first kappa shape index (κ1) is 9.03. The molecule has 0 aliphatic heterocycles. The van der Waals surface area contributed by atoms with Gasteiger partial charge < -0.3 is 11.5 Å². The quantitative estimate of drug-likeness (QED) is 0.672. The molecule has 2 heteroatoms. The van der Waals surface area contributed by atoms with E-state index in [1.807, 2.05) is 31.2 Å². The van der Waals surface area contributed by atoms with Crippen LogP contribution in [0.3, 0.4) is 0 Å². The smallest absolute Gasteiger partial charge is 0.0320 e. The number of nitrogen functional groups attached to an aromatic ring is 1. The fourth-order valence-electron chi connectivity index (χ4n) is 1.72. The molecule has 0 aromatic heterocycles. The highest BCUT2D eigenvalue weighted by Gasteiger charge is 2.04. The Morgan fingerprint density at radius 1 is 1.14 bits per heavy atom. The zero-order valence-electron chi connectivity index (χ0n) is 8.20. The minimum Gasteiger partial charge on any atom is -0.399 e. The molecule has 0 radical (unpaired) electrons. The first-order valence-electron chi connectivity index (χ1n) is 4.72. The molecule has 2 nitrogen and oxygen atoms in total. The summed E-state index contributed by atoms with van der Waals surface area (Å²) in [4.78, 5) is 0. The van der Waals surface area contributed by atoms with E-state index in [4.69, 9.17) is 11.5 Å². The van der Waals surface area contributed by atoms with Gasteiger partial charge in [-0.1, -0.05) is 24.3 Å². The van der Waals surface area contributed by atoms with Gasteiger partial charge in [0, 0.05) is 11.7 Å². The molecule has 0 saturated heterocycles. The molecule has 0 heterocycles. The molecule has 2 aromatic rings. The van der Waals surface area contributed by atoms with Crippen LogP contribution in [0.2, 0.25) is 0 Å². The van der Waals surface area contributed by atoms with Crippen LogP contribution in [0.5, 0.6) is 0 Å². The number of hydrogen-bond donors (Lipinski definition) is 2. The maximum Gasteiger partial charge on any atom is 0.0320 e. The summed E-state index contributed by atoms with van der Waals surface area (Å²) < 4.78 is 0. The Kier molecular flexibility index (Phi) is 2.14. The Labute approximate surface area is 83.5 Å². The second kappa shape index (κ2) is 3.31. The summed E-state index contributed by atoms with van der Waals surface area (Å²) >= 11 is 0. The highest BCUT2D eigenvalue weighted by molar-refractivity contribution is 5.88. The molecule has 72 valence electrons. The van der Waals surface area contributed by atoms with E-state index in [0.29, 0.717) is 0 Å². The number of hydrogen-bond acceptors (Lipinski definition) is 2. The molecule has 0 aliphatic rings. The standard InChI is InChI=1S/C12H14N2/c1-8(13)11-4-2-3-9-7-10(14)5-6-12(9)11/h2-8H,13-14H2,1H3/t8-/m1/s1. The van der Waals surface area contributed by atoms with Crippen molar-refractivity contribution < 1.29 is 0 Å². The summed E-state index contributed by atoms with van der Waals surface area (Å²) in [7, 11) is 0. The monoisotopic (exact) mass is 186 g/mol. The molecular formula is C12H14N2. The number of rotatable bonds is 1. The normalized spacial score (nSPS) is 13.0. The summed E-state index contributed by atoms with van der Waals surface area (Å²) in [5, 5.41) is 2.34. The summed E-state index contributed by atoms with van der Waals surface area (Å²) in [6, 6.07) is 12.1. The molecule has 1 atom stereocenters. The van der Waals surface area contributed by atoms with E-state index in [0.717, 1.165) is 11.1 Å². The second-order valence-corrected chi connectivity index (χ2v) is 3.62. The zero-order chi connectivity index (χ0) is 10.1. The molecule has 4 N–H and O–H groups in total. The topological polar surface area (TPSA) is 52.0 Å². The van der Waals surface area contributed by atoms with E-state index in [9.17, 15) is 0 Å². The molecule has 2 aromatic carbocycles. The zero-order valence-corrected chi connectivity index (χ0v) is 8.20. The lowest BCUT2D eigenvalue weighted by molar-refractivity contribution is 0.827. The van der Waals surface area contributed by atoms with Gasteiger partial charge in [-0.15, -0.1) is 0 Å². The van der Waals surface area contributed by atoms with E-state index in [-0.39, 0.29) is 6.04 Å². The third-order valence-corrected chi connectivity index (χ3v) is 2.43. The summed E-state index contributed by atoms with van der Waals surface area (Å²) in [5.74, 6) is 0. The Morgan fingerprint density at radius 3 is 2.64 bits per heavy atom. The molecule has 0 unspecified atom stereocenters. The van der Waals surface area contributed by atoms with Crippen LogP contribution in [-0.4, -0.2) is 0 Å². The van der Waals surface area contributed by atoms with Crippen LogP contribution in [0, 0.1) is 0 Å². The van der Waals surface area contributed by atoms with Crippen molar-refractivity contribution >= 4 is 16.5 Å². The Morgan fingerprint density at radius 2 is 1.93 bits per heavy atom. The van der Waals surface area contributed by atoms with Crippen molar-refractivity contribution in [2.45, 2.75) is 13.0 Å². The van der Waals surface area contributed by atoms with Crippen LogP contribution < -0.4 is 11.5 Å². The van der Waals surface area contributed by atoms with Crippen molar-refractivity contribution in [1.82, 2.24) is 0 Å². The lowest BCUT2D eigenvalue weighted by Crippen LogP contribution is -2.05. The molecule has 0 bridgehead atoms. The number of fused-ring (bicyclic) bond motifs is 1. The van der Waals surface area contributed by atoms with Crippen LogP contribution >= 0.6 is 0 Å². The Bertz CT molecular complexity index is 461. The van der Waals surface area contributed by atoms with Crippen LogP contribution in [0.1, 0.15) is 18.5 Å². The first-order chi connectivity index (χ1) is 6.68. The van der Waals surface area contributed by atoms with Gasteiger partial charge in [-0.2, -0.15) is 0 Å². The third-order valence-electron chi connectivity index (χ3n) is 2.43. The van der Waals surface area contributed by atoms with Crippen molar-refractivity contribution in [2.75, 3.05) is 5.73 Å². The predicted octanol–water partition coefficient (Wildman–Crippen LogP) is 2.44. The third kappa shape index (κ3) is 1.44. The second-order valence-electron chi connectivity index (χ2n) is 3.62. The first-order valence-corrected chi connectivity index (χ1v) is 4.72. The number of nitrogens with two attached hydrogens (primary N) is 2.